The second kappa shape index (κ2) is 11.0. The number of carbonyl (C=O) groups is 4. The zero-order chi connectivity index (χ0) is 24.0. The number of nitrogens with one attached hydrogen (secondary N) is 2. The van der Waals surface area contributed by atoms with Crippen LogP contribution in [-0.4, -0.2) is 39.7 Å². The molecule has 2 amide bonds. The summed E-state index contributed by atoms with van der Waals surface area (Å²) in [6.45, 7) is 0. The topological polar surface area (TPSA) is 133 Å². The number of benzene rings is 3. The molecule has 0 aliphatic carbocycles. The van der Waals surface area contributed by atoms with Crippen molar-refractivity contribution in [2.75, 3.05) is 16.4 Å². The quantitative estimate of drug-likeness (QED) is 0.226. The fourth-order valence-corrected chi connectivity index (χ4v) is 3.91. The Bertz CT molecular complexity index is 1230. The van der Waals surface area contributed by atoms with Gasteiger partial charge in [0, 0.05) is 19.8 Å². The molecule has 0 saturated carbocycles. The van der Waals surface area contributed by atoms with E-state index in [1.807, 2.05) is 24.3 Å². The van der Waals surface area contributed by atoms with Gasteiger partial charge in [0.2, 0.25) is 5.91 Å². The van der Waals surface area contributed by atoms with Crippen molar-refractivity contribution < 1.29 is 29.4 Å². The number of rotatable bonds is 8. The third-order valence-electron chi connectivity index (χ3n) is 4.33. The van der Waals surface area contributed by atoms with E-state index in [1.165, 1.54) is 17.8 Å². The molecule has 0 saturated heterocycles. The minimum Gasteiger partial charge on any atom is -0.478 e. The molecule has 0 fully saturated rings. The number of hydrogen-bond acceptors (Lipinski definition) is 5. The maximum Gasteiger partial charge on any atom is 0.336 e. The number of hydrogen-bond donors (Lipinski definition) is 4. The summed E-state index contributed by atoms with van der Waals surface area (Å²) >= 11 is 3.46. The van der Waals surface area contributed by atoms with Crippen molar-refractivity contribution in [3.8, 4) is 0 Å². The molecule has 0 aromatic heterocycles. The molecule has 3 rings (SSSR count). The summed E-state index contributed by atoms with van der Waals surface area (Å²) in [6.07, 6.45) is 0. The largest absolute Gasteiger partial charge is 0.478 e. The van der Waals surface area contributed by atoms with Crippen LogP contribution in [0.4, 0.5) is 11.4 Å². The maximum atomic E-state index is 12.6. The van der Waals surface area contributed by atoms with E-state index in [4.69, 9.17) is 5.11 Å². The van der Waals surface area contributed by atoms with Gasteiger partial charge in [0.15, 0.2) is 0 Å². The van der Waals surface area contributed by atoms with Gasteiger partial charge in [0.05, 0.1) is 22.4 Å². The van der Waals surface area contributed by atoms with Gasteiger partial charge in [0.1, 0.15) is 0 Å². The standard InChI is InChI=1S/C23H17IN2O6S/c24-14-5-7-15(8-6-14)25-20(27)12-33-17-3-1-2-16(11-17)26-21(28)18-9-4-13(22(29)30)10-19(18)23(31)32/h1-11H,12H2,(H,25,27)(H,26,28)(H,29,30)(H,31,32). The first kappa shape index (κ1) is 24.3. The maximum absolute atomic E-state index is 12.6. The fourth-order valence-electron chi connectivity index (χ4n) is 2.79. The highest BCUT2D eigenvalue weighted by molar-refractivity contribution is 14.1. The number of amides is 2. The van der Waals surface area contributed by atoms with Gasteiger partial charge < -0.3 is 20.8 Å². The lowest BCUT2D eigenvalue weighted by Crippen LogP contribution is -2.17. The molecule has 3 aromatic carbocycles. The van der Waals surface area contributed by atoms with E-state index in [2.05, 4.69) is 33.2 Å². The fraction of sp³-hybridized carbons (Fsp3) is 0.0435. The van der Waals surface area contributed by atoms with Crippen LogP contribution in [0, 0.1) is 3.57 Å². The molecule has 10 heteroatoms. The van der Waals surface area contributed by atoms with Gasteiger partial charge in [-0.25, -0.2) is 9.59 Å². The molecule has 0 aliphatic heterocycles. The molecule has 168 valence electrons. The molecule has 0 spiro atoms. The average molecular weight is 576 g/mol. The zero-order valence-corrected chi connectivity index (χ0v) is 19.8. The number of halogens is 1. The van der Waals surface area contributed by atoms with Crippen LogP contribution in [0.1, 0.15) is 31.1 Å². The third kappa shape index (κ3) is 6.80. The first-order valence-electron chi connectivity index (χ1n) is 9.43. The van der Waals surface area contributed by atoms with Crippen LogP contribution in [-0.2, 0) is 4.79 Å². The molecule has 4 N–H and O–H groups in total. The van der Waals surface area contributed by atoms with Gasteiger partial charge in [0.25, 0.3) is 5.91 Å². The first-order chi connectivity index (χ1) is 15.7. The van der Waals surface area contributed by atoms with Gasteiger partial charge >= 0.3 is 11.9 Å². The smallest absolute Gasteiger partial charge is 0.336 e. The Morgan fingerprint density at radius 3 is 2.18 bits per heavy atom. The minimum absolute atomic E-state index is 0.156. The number of carboxylic acids is 2. The van der Waals surface area contributed by atoms with Crippen LogP contribution in [0.3, 0.4) is 0 Å². The lowest BCUT2D eigenvalue weighted by Gasteiger charge is -2.10. The van der Waals surface area contributed by atoms with E-state index in [-0.39, 0.29) is 22.8 Å². The summed E-state index contributed by atoms with van der Waals surface area (Å²) in [4.78, 5) is 48.1. The molecule has 0 unspecified atom stereocenters. The molecule has 0 bridgehead atoms. The van der Waals surface area contributed by atoms with Crippen LogP contribution >= 0.6 is 34.4 Å². The lowest BCUT2D eigenvalue weighted by molar-refractivity contribution is -0.113. The lowest BCUT2D eigenvalue weighted by atomic mass is 10.0. The summed E-state index contributed by atoms with van der Waals surface area (Å²) in [5.41, 5.74) is 0.297. The number of thioether (sulfide) groups is 1. The van der Waals surface area contributed by atoms with Crippen LogP contribution in [0.2, 0.25) is 0 Å². The van der Waals surface area contributed by atoms with Crippen molar-refractivity contribution >= 4 is 69.5 Å². The second-order valence-electron chi connectivity index (χ2n) is 6.70. The monoisotopic (exact) mass is 576 g/mol. The van der Waals surface area contributed by atoms with E-state index in [0.29, 0.717) is 11.4 Å². The first-order valence-corrected chi connectivity index (χ1v) is 11.5. The van der Waals surface area contributed by atoms with E-state index < -0.39 is 23.4 Å². The van der Waals surface area contributed by atoms with E-state index in [9.17, 15) is 24.3 Å². The summed E-state index contributed by atoms with van der Waals surface area (Å²) in [7, 11) is 0. The number of anilines is 2. The van der Waals surface area contributed by atoms with Gasteiger partial charge in [-0.1, -0.05) is 6.07 Å². The Morgan fingerprint density at radius 1 is 0.788 bits per heavy atom. The Balaban J connectivity index is 1.65. The van der Waals surface area contributed by atoms with Crippen molar-refractivity contribution in [2.45, 2.75) is 4.90 Å². The molecule has 8 nitrogen and oxygen atoms in total. The van der Waals surface area contributed by atoms with E-state index in [0.717, 1.165) is 20.6 Å². The van der Waals surface area contributed by atoms with Gasteiger partial charge in [-0.15, -0.1) is 11.8 Å². The van der Waals surface area contributed by atoms with E-state index >= 15 is 0 Å². The normalized spacial score (nSPS) is 10.3. The average Bonchev–Trinajstić information content (AvgIpc) is 2.79. The Labute approximate surface area is 206 Å². The molecular formula is C23H17IN2O6S. The zero-order valence-electron chi connectivity index (χ0n) is 16.9. The molecular weight excluding hydrogens is 559 g/mol. The molecule has 3 aromatic rings. The number of carboxylic acid groups (broad SMARTS) is 2. The van der Waals surface area contributed by atoms with Crippen LogP contribution < -0.4 is 10.6 Å². The molecule has 0 aliphatic rings. The Morgan fingerprint density at radius 2 is 1.52 bits per heavy atom. The minimum atomic E-state index is -1.41. The molecule has 0 atom stereocenters. The summed E-state index contributed by atoms with van der Waals surface area (Å²) < 4.78 is 1.06. The van der Waals surface area contributed by atoms with Crippen molar-refractivity contribution in [1.29, 1.82) is 0 Å². The number of carbonyl (C=O) groups excluding carboxylic acids is 2. The highest BCUT2D eigenvalue weighted by Gasteiger charge is 2.19. The Hall–Kier alpha value is -3.38. The predicted octanol–water partition coefficient (Wildman–Crippen LogP) is 4.67. The molecule has 0 heterocycles. The van der Waals surface area contributed by atoms with Gasteiger partial charge in [-0.05, 0) is 83.3 Å². The van der Waals surface area contributed by atoms with Gasteiger partial charge in [-0.3, -0.25) is 9.59 Å². The Kier molecular flexibility index (Phi) is 8.06. The molecule has 33 heavy (non-hydrogen) atoms. The number of aromatic carboxylic acids is 2. The second-order valence-corrected chi connectivity index (χ2v) is 8.99. The van der Waals surface area contributed by atoms with Gasteiger partial charge in [-0.2, -0.15) is 0 Å². The SMILES string of the molecule is O=C(CSc1cccc(NC(=O)c2ccc(C(=O)O)cc2C(=O)O)c1)Nc1ccc(I)cc1. The summed E-state index contributed by atoms with van der Waals surface area (Å²) in [6, 6.07) is 17.4. The third-order valence-corrected chi connectivity index (χ3v) is 6.04. The van der Waals surface area contributed by atoms with Crippen LogP contribution in [0.15, 0.2) is 71.6 Å². The van der Waals surface area contributed by atoms with Crippen molar-refractivity contribution in [3.05, 3.63) is 87.0 Å². The van der Waals surface area contributed by atoms with Crippen molar-refractivity contribution in [1.82, 2.24) is 0 Å². The predicted molar refractivity (Wildman–Crippen MR) is 133 cm³/mol. The molecule has 0 radical (unpaired) electrons. The highest BCUT2D eigenvalue weighted by atomic mass is 127. The summed E-state index contributed by atoms with van der Waals surface area (Å²) in [5.74, 6) is -3.42. The van der Waals surface area contributed by atoms with Crippen LogP contribution in [0.25, 0.3) is 0 Å². The van der Waals surface area contributed by atoms with Crippen molar-refractivity contribution in [3.63, 3.8) is 0 Å². The summed E-state index contributed by atoms with van der Waals surface area (Å²) in [5, 5.41) is 23.8. The van der Waals surface area contributed by atoms with Crippen molar-refractivity contribution in [2.24, 2.45) is 0 Å². The van der Waals surface area contributed by atoms with E-state index in [1.54, 1.807) is 24.3 Å². The van der Waals surface area contributed by atoms with Crippen LogP contribution in [0.5, 0.6) is 0 Å². The highest BCUT2D eigenvalue weighted by Crippen LogP contribution is 2.23.